The van der Waals surface area contributed by atoms with Crippen molar-refractivity contribution in [2.75, 3.05) is 20.6 Å². The van der Waals surface area contributed by atoms with Crippen LogP contribution >= 0.6 is 0 Å². The third-order valence-electron chi connectivity index (χ3n) is 4.36. The van der Waals surface area contributed by atoms with E-state index in [-0.39, 0.29) is 5.54 Å². The summed E-state index contributed by atoms with van der Waals surface area (Å²) in [5.74, 6) is 0. The SMILES string of the molecule is CCNC(c1cnn(C)c1)C1(N(C)C)CCCC1. The van der Waals surface area contributed by atoms with Gasteiger partial charge in [0.05, 0.1) is 12.2 Å². The Morgan fingerprint density at radius 2 is 2.11 bits per heavy atom. The zero-order valence-corrected chi connectivity index (χ0v) is 12.1. The third kappa shape index (κ3) is 2.31. The highest BCUT2D eigenvalue weighted by Gasteiger charge is 2.43. The minimum absolute atomic E-state index is 0.249. The number of aromatic nitrogens is 2. The van der Waals surface area contributed by atoms with Gasteiger partial charge < -0.3 is 10.2 Å². The maximum Gasteiger partial charge on any atom is 0.0538 e. The van der Waals surface area contributed by atoms with Crippen molar-refractivity contribution in [1.82, 2.24) is 20.0 Å². The maximum atomic E-state index is 4.34. The van der Waals surface area contributed by atoms with Crippen molar-refractivity contribution in [3.8, 4) is 0 Å². The summed E-state index contributed by atoms with van der Waals surface area (Å²) in [6.45, 7) is 3.18. The average Bonchev–Trinajstić information content (AvgIpc) is 2.95. The van der Waals surface area contributed by atoms with Gasteiger partial charge in [-0.15, -0.1) is 0 Å². The fourth-order valence-corrected chi connectivity index (χ4v) is 3.39. The van der Waals surface area contributed by atoms with Crippen LogP contribution in [0.1, 0.15) is 44.2 Å². The molecule has 4 heteroatoms. The van der Waals surface area contributed by atoms with E-state index in [0.717, 1.165) is 6.54 Å². The van der Waals surface area contributed by atoms with Crippen LogP contribution in [-0.4, -0.2) is 40.9 Å². The van der Waals surface area contributed by atoms with Crippen molar-refractivity contribution in [3.05, 3.63) is 18.0 Å². The lowest BCUT2D eigenvalue weighted by atomic mass is 9.83. The number of likely N-dealkylation sites (N-methyl/N-ethyl adjacent to an activating group) is 2. The van der Waals surface area contributed by atoms with Crippen molar-refractivity contribution >= 4 is 0 Å². The van der Waals surface area contributed by atoms with Gasteiger partial charge in [-0.1, -0.05) is 19.8 Å². The molecular weight excluding hydrogens is 224 g/mol. The molecule has 1 unspecified atom stereocenters. The van der Waals surface area contributed by atoms with E-state index in [1.54, 1.807) is 0 Å². The van der Waals surface area contributed by atoms with E-state index >= 15 is 0 Å². The number of hydrogen-bond acceptors (Lipinski definition) is 3. The predicted molar refractivity (Wildman–Crippen MR) is 74.5 cm³/mol. The number of aryl methyl sites for hydroxylation is 1. The molecule has 1 aromatic rings. The fraction of sp³-hybridized carbons (Fsp3) is 0.786. The first-order chi connectivity index (χ1) is 8.60. The molecule has 0 aromatic carbocycles. The van der Waals surface area contributed by atoms with Gasteiger partial charge in [0.1, 0.15) is 0 Å². The van der Waals surface area contributed by atoms with Crippen LogP contribution in [0.15, 0.2) is 12.4 Å². The molecule has 0 saturated heterocycles. The van der Waals surface area contributed by atoms with E-state index < -0.39 is 0 Å². The lowest BCUT2D eigenvalue weighted by Crippen LogP contribution is -2.51. The smallest absolute Gasteiger partial charge is 0.0538 e. The lowest BCUT2D eigenvalue weighted by Gasteiger charge is -2.43. The van der Waals surface area contributed by atoms with Gasteiger partial charge in [-0.3, -0.25) is 4.68 Å². The minimum atomic E-state index is 0.249. The molecule has 18 heavy (non-hydrogen) atoms. The quantitative estimate of drug-likeness (QED) is 0.867. The first-order valence-corrected chi connectivity index (χ1v) is 6.99. The molecule has 1 heterocycles. The van der Waals surface area contributed by atoms with Crippen molar-refractivity contribution in [2.45, 2.75) is 44.2 Å². The van der Waals surface area contributed by atoms with Crippen LogP contribution in [0.5, 0.6) is 0 Å². The molecule has 1 atom stereocenters. The predicted octanol–water partition coefficient (Wildman–Crippen LogP) is 1.95. The first-order valence-electron chi connectivity index (χ1n) is 6.99. The zero-order valence-electron chi connectivity index (χ0n) is 12.1. The highest BCUT2D eigenvalue weighted by Crippen LogP contribution is 2.43. The van der Waals surface area contributed by atoms with Gasteiger partial charge in [0.2, 0.25) is 0 Å². The standard InChI is InChI=1S/C14H26N4/c1-5-15-13(12-10-16-18(4)11-12)14(17(2)3)8-6-7-9-14/h10-11,13,15H,5-9H2,1-4H3. The van der Waals surface area contributed by atoms with Crippen LogP contribution in [0.2, 0.25) is 0 Å². The van der Waals surface area contributed by atoms with Crippen LogP contribution in [0.4, 0.5) is 0 Å². The molecule has 2 rings (SSSR count). The average molecular weight is 250 g/mol. The van der Waals surface area contributed by atoms with Gasteiger partial charge in [0.15, 0.2) is 0 Å². The number of nitrogens with one attached hydrogen (secondary N) is 1. The Labute approximate surface area is 110 Å². The number of rotatable bonds is 5. The second-order valence-corrected chi connectivity index (χ2v) is 5.64. The molecule has 4 nitrogen and oxygen atoms in total. The molecular formula is C14H26N4. The Morgan fingerprint density at radius 1 is 1.44 bits per heavy atom. The molecule has 0 radical (unpaired) electrons. The molecule has 1 aromatic heterocycles. The minimum Gasteiger partial charge on any atom is -0.309 e. The second-order valence-electron chi connectivity index (χ2n) is 5.64. The Hall–Kier alpha value is -0.870. The number of hydrogen-bond donors (Lipinski definition) is 1. The van der Waals surface area contributed by atoms with Gasteiger partial charge in [0, 0.05) is 24.3 Å². The van der Waals surface area contributed by atoms with E-state index in [2.05, 4.69) is 42.5 Å². The van der Waals surface area contributed by atoms with Crippen LogP contribution in [0.25, 0.3) is 0 Å². The molecule has 1 aliphatic carbocycles. The summed E-state index contributed by atoms with van der Waals surface area (Å²) in [7, 11) is 6.42. The zero-order chi connectivity index (χ0) is 13.2. The topological polar surface area (TPSA) is 33.1 Å². The summed E-state index contributed by atoms with van der Waals surface area (Å²) in [4.78, 5) is 2.42. The van der Waals surface area contributed by atoms with E-state index in [9.17, 15) is 0 Å². The summed E-state index contributed by atoms with van der Waals surface area (Å²) >= 11 is 0. The Morgan fingerprint density at radius 3 is 2.56 bits per heavy atom. The highest BCUT2D eigenvalue weighted by atomic mass is 15.3. The molecule has 0 aliphatic heterocycles. The van der Waals surface area contributed by atoms with Gasteiger partial charge in [-0.05, 0) is 33.5 Å². The Bertz CT molecular complexity index is 377. The van der Waals surface area contributed by atoms with E-state index in [1.807, 2.05) is 17.9 Å². The van der Waals surface area contributed by atoms with E-state index in [1.165, 1.54) is 31.2 Å². The van der Waals surface area contributed by atoms with E-state index in [0.29, 0.717) is 6.04 Å². The van der Waals surface area contributed by atoms with Crippen molar-refractivity contribution in [1.29, 1.82) is 0 Å². The first kappa shape index (κ1) is 13.6. The summed E-state index contributed by atoms with van der Waals surface area (Å²) in [6.07, 6.45) is 9.37. The molecule has 0 spiro atoms. The molecule has 1 aliphatic rings. The van der Waals surface area contributed by atoms with Gasteiger partial charge in [-0.2, -0.15) is 5.10 Å². The number of nitrogens with zero attached hydrogens (tertiary/aromatic N) is 3. The van der Waals surface area contributed by atoms with Gasteiger partial charge >= 0.3 is 0 Å². The molecule has 1 fully saturated rings. The molecule has 1 N–H and O–H groups in total. The van der Waals surface area contributed by atoms with Gasteiger partial charge in [0.25, 0.3) is 0 Å². The van der Waals surface area contributed by atoms with Crippen molar-refractivity contribution in [3.63, 3.8) is 0 Å². The van der Waals surface area contributed by atoms with Crippen molar-refractivity contribution in [2.24, 2.45) is 7.05 Å². The summed E-state index contributed by atoms with van der Waals surface area (Å²) < 4.78 is 1.90. The van der Waals surface area contributed by atoms with Gasteiger partial charge in [-0.25, -0.2) is 0 Å². The Balaban J connectivity index is 2.33. The lowest BCUT2D eigenvalue weighted by molar-refractivity contribution is 0.105. The summed E-state index contributed by atoms with van der Waals surface area (Å²) in [5.41, 5.74) is 1.56. The van der Waals surface area contributed by atoms with Crippen LogP contribution in [-0.2, 0) is 7.05 Å². The highest BCUT2D eigenvalue weighted by molar-refractivity contribution is 5.19. The largest absolute Gasteiger partial charge is 0.309 e. The Kier molecular flexibility index (Phi) is 4.07. The van der Waals surface area contributed by atoms with Crippen molar-refractivity contribution < 1.29 is 0 Å². The van der Waals surface area contributed by atoms with Crippen LogP contribution in [0.3, 0.4) is 0 Å². The molecule has 0 amide bonds. The summed E-state index contributed by atoms with van der Waals surface area (Å²) in [6, 6.07) is 0.383. The second kappa shape index (κ2) is 5.41. The normalized spacial score (nSPS) is 20.5. The monoisotopic (exact) mass is 250 g/mol. The molecule has 102 valence electrons. The van der Waals surface area contributed by atoms with E-state index in [4.69, 9.17) is 0 Å². The fourth-order valence-electron chi connectivity index (χ4n) is 3.39. The summed E-state index contributed by atoms with van der Waals surface area (Å²) in [5, 5.41) is 8.02. The third-order valence-corrected chi connectivity index (χ3v) is 4.36. The maximum absolute atomic E-state index is 4.34. The molecule has 0 bridgehead atoms. The van der Waals surface area contributed by atoms with Crippen LogP contribution in [0, 0.1) is 0 Å². The van der Waals surface area contributed by atoms with Crippen LogP contribution < -0.4 is 5.32 Å². The molecule has 1 saturated carbocycles.